The number of hydrogen-bond acceptors (Lipinski definition) is 4. The molecular weight excluding hydrogens is 390 g/mol. The van der Waals surface area contributed by atoms with Gasteiger partial charge in [-0.15, -0.1) is 0 Å². The lowest BCUT2D eigenvalue weighted by molar-refractivity contribution is -0.133. The fourth-order valence-corrected chi connectivity index (χ4v) is 5.84. The summed E-state index contributed by atoms with van der Waals surface area (Å²) < 4.78 is 26.5. The molecule has 7 nitrogen and oxygen atoms in total. The van der Waals surface area contributed by atoms with Crippen LogP contribution in [0, 0.1) is 0 Å². The fraction of sp³-hybridized carbons (Fsp3) is 0.619. The standard InChI is InChI=1S/C21H31N3O4S/c1-2-14-29(27,28)24-13-6-3-10-19(24)21(26)22-18-9-7-8-17(15-18)16-23-12-5-4-11-20(23)25/h7-9,15,19H,2-6,10-14,16H2,1H3,(H,22,26). The molecular formula is C21H31N3O4S. The first-order chi connectivity index (χ1) is 13.9. The minimum Gasteiger partial charge on any atom is -0.338 e. The third-order valence-electron chi connectivity index (χ3n) is 5.57. The number of amides is 2. The number of sulfonamides is 1. The Morgan fingerprint density at radius 1 is 1.17 bits per heavy atom. The molecule has 2 aliphatic rings. The van der Waals surface area contributed by atoms with Crippen molar-refractivity contribution in [3.05, 3.63) is 29.8 Å². The quantitative estimate of drug-likeness (QED) is 0.733. The molecule has 2 amide bonds. The van der Waals surface area contributed by atoms with E-state index < -0.39 is 16.1 Å². The Morgan fingerprint density at radius 3 is 2.72 bits per heavy atom. The normalized spacial score (nSPS) is 21.2. The van der Waals surface area contributed by atoms with E-state index in [1.165, 1.54) is 4.31 Å². The largest absolute Gasteiger partial charge is 0.338 e. The first kappa shape index (κ1) is 21.8. The van der Waals surface area contributed by atoms with Gasteiger partial charge in [-0.1, -0.05) is 25.5 Å². The monoisotopic (exact) mass is 421 g/mol. The van der Waals surface area contributed by atoms with E-state index in [0.29, 0.717) is 38.0 Å². The molecule has 0 aliphatic carbocycles. The van der Waals surface area contributed by atoms with Crippen LogP contribution in [0.5, 0.6) is 0 Å². The highest BCUT2D eigenvalue weighted by atomic mass is 32.2. The molecule has 3 rings (SSSR count). The summed E-state index contributed by atoms with van der Waals surface area (Å²) in [5.41, 5.74) is 1.59. The van der Waals surface area contributed by atoms with Crippen molar-refractivity contribution in [3.8, 4) is 0 Å². The van der Waals surface area contributed by atoms with Crippen molar-refractivity contribution in [2.24, 2.45) is 0 Å². The summed E-state index contributed by atoms with van der Waals surface area (Å²) in [6.07, 6.45) is 5.26. The molecule has 0 bridgehead atoms. The predicted molar refractivity (Wildman–Crippen MR) is 113 cm³/mol. The Balaban J connectivity index is 1.68. The minimum absolute atomic E-state index is 0.0656. The molecule has 2 fully saturated rings. The number of hydrogen-bond donors (Lipinski definition) is 1. The Bertz CT molecular complexity index is 840. The molecule has 29 heavy (non-hydrogen) atoms. The summed E-state index contributed by atoms with van der Waals surface area (Å²) in [4.78, 5) is 26.8. The number of likely N-dealkylation sites (tertiary alicyclic amines) is 1. The molecule has 1 aromatic carbocycles. The number of nitrogens with one attached hydrogen (secondary N) is 1. The molecule has 1 N–H and O–H groups in total. The average Bonchev–Trinajstić information content (AvgIpc) is 2.70. The summed E-state index contributed by atoms with van der Waals surface area (Å²) in [5, 5.41) is 2.90. The number of anilines is 1. The maximum Gasteiger partial charge on any atom is 0.242 e. The molecule has 0 saturated carbocycles. The van der Waals surface area contributed by atoms with Crippen LogP contribution in [0.1, 0.15) is 57.4 Å². The van der Waals surface area contributed by atoms with Crippen molar-refractivity contribution in [3.63, 3.8) is 0 Å². The van der Waals surface area contributed by atoms with Crippen LogP contribution in [0.3, 0.4) is 0 Å². The zero-order chi connectivity index (χ0) is 20.9. The van der Waals surface area contributed by atoms with Gasteiger partial charge in [-0.25, -0.2) is 8.42 Å². The van der Waals surface area contributed by atoms with Crippen molar-refractivity contribution in [2.75, 3.05) is 24.2 Å². The van der Waals surface area contributed by atoms with Gasteiger partial charge >= 0.3 is 0 Å². The van der Waals surface area contributed by atoms with Gasteiger partial charge in [0.25, 0.3) is 0 Å². The van der Waals surface area contributed by atoms with E-state index in [2.05, 4.69) is 5.32 Å². The second-order valence-electron chi connectivity index (χ2n) is 7.90. The van der Waals surface area contributed by atoms with Crippen LogP contribution in [-0.4, -0.2) is 54.3 Å². The summed E-state index contributed by atoms with van der Waals surface area (Å²) >= 11 is 0. The van der Waals surface area contributed by atoms with Crippen LogP contribution in [0.25, 0.3) is 0 Å². The Kier molecular flexibility index (Phi) is 7.29. The number of benzene rings is 1. The lowest BCUT2D eigenvalue weighted by Crippen LogP contribution is -2.50. The first-order valence-electron chi connectivity index (χ1n) is 10.6. The van der Waals surface area contributed by atoms with Crippen molar-refractivity contribution in [2.45, 2.75) is 64.5 Å². The molecule has 2 heterocycles. The molecule has 1 aromatic rings. The fourth-order valence-electron chi connectivity index (χ4n) is 4.10. The number of carbonyl (C=O) groups is 2. The van der Waals surface area contributed by atoms with Crippen LogP contribution in [0.4, 0.5) is 5.69 Å². The number of rotatable bonds is 7. The van der Waals surface area contributed by atoms with Crippen LogP contribution < -0.4 is 5.32 Å². The Labute approximate surface area is 173 Å². The number of piperidine rings is 2. The zero-order valence-corrected chi connectivity index (χ0v) is 17.9. The maximum absolute atomic E-state index is 12.9. The van der Waals surface area contributed by atoms with E-state index >= 15 is 0 Å². The highest BCUT2D eigenvalue weighted by Crippen LogP contribution is 2.23. The molecule has 0 aromatic heterocycles. The van der Waals surface area contributed by atoms with E-state index in [9.17, 15) is 18.0 Å². The summed E-state index contributed by atoms with van der Waals surface area (Å²) in [6, 6.07) is 6.80. The summed E-state index contributed by atoms with van der Waals surface area (Å²) in [7, 11) is -3.43. The van der Waals surface area contributed by atoms with Gasteiger partial charge in [-0.05, 0) is 49.8 Å². The molecule has 0 radical (unpaired) electrons. The van der Waals surface area contributed by atoms with Crippen molar-refractivity contribution < 1.29 is 18.0 Å². The second kappa shape index (κ2) is 9.71. The Hall–Kier alpha value is -1.93. The first-order valence-corrected chi connectivity index (χ1v) is 12.2. The Morgan fingerprint density at radius 2 is 1.97 bits per heavy atom. The van der Waals surface area contributed by atoms with Gasteiger partial charge in [0.15, 0.2) is 0 Å². The van der Waals surface area contributed by atoms with Crippen molar-refractivity contribution >= 4 is 27.5 Å². The lowest BCUT2D eigenvalue weighted by atomic mass is 10.0. The third-order valence-corrected chi connectivity index (χ3v) is 7.64. The van der Waals surface area contributed by atoms with E-state index in [1.807, 2.05) is 30.0 Å². The smallest absolute Gasteiger partial charge is 0.242 e. The van der Waals surface area contributed by atoms with Crippen LogP contribution in [-0.2, 0) is 26.2 Å². The summed E-state index contributed by atoms with van der Waals surface area (Å²) in [5.74, 6) is -0.0453. The maximum atomic E-state index is 12.9. The van der Waals surface area contributed by atoms with Crippen LogP contribution >= 0.6 is 0 Å². The third kappa shape index (κ3) is 5.57. The molecule has 1 atom stereocenters. The highest BCUT2D eigenvalue weighted by molar-refractivity contribution is 7.89. The molecule has 8 heteroatoms. The molecule has 2 saturated heterocycles. The molecule has 160 valence electrons. The van der Waals surface area contributed by atoms with E-state index in [-0.39, 0.29) is 17.6 Å². The summed E-state index contributed by atoms with van der Waals surface area (Å²) in [6.45, 7) is 3.53. The highest BCUT2D eigenvalue weighted by Gasteiger charge is 2.36. The SMILES string of the molecule is CCCS(=O)(=O)N1CCCCC1C(=O)Nc1cccc(CN2CCCCC2=O)c1. The van der Waals surface area contributed by atoms with E-state index in [4.69, 9.17) is 0 Å². The van der Waals surface area contributed by atoms with Gasteiger partial charge < -0.3 is 10.2 Å². The van der Waals surface area contributed by atoms with Gasteiger partial charge in [-0.2, -0.15) is 4.31 Å². The zero-order valence-electron chi connectivity index (χ0n) is 17.1. The molecule has 2 aliphatic heterocycles. The van der Waals surface area contributed by atoms with Gasteiger partial charge in [0.2, 0.25) is 21.8 Å². The van der Waals surface area contributed by atoms with E-state index in [1.54, 1.807) is 6.07 Å². The minimum atomic E-state index is -3.43. The topological polar surface area (TPSA) is 86.8 Å². The molecule has 0 spiro atoms. The van der Waals surface area contributed by atoms with E-state index in [0.717, 1.165) is 37.8 Å². The lowest BCUT2D eigenvalue weighted by Gasteiger charge is -2.33. The predicted octanol–water partition coefficient (Wildman–Crippen LogP) is 2.73. The number of nitrogens with zero attached hydrogens (tertiary/aromatic N) is 2. The van der Waals surface area contributed by atoms with Crippen molar-refractivity contribution in [1.82, 2.24) is 9.21 Å². The average molecular weight is 422 g/mol. The van der Waals surface area contributed by atoms with Gasteiger partial charge in [0.1, 0.15) is 6.04 Å². The second-order valence-corrected chi connectivity index (χ2v) is 9.94. The number of carbonyl (C=O) groups excluding carboxylic acids is 2. The molecule has 1 unspecified atom stereocenters. The van der Waals surface area contributed by atoms with Gasteiger partial charge in [0.05, 0.1) is 5.75 Å². The van der Waals surface area contributed by atoms with Gasteiger partial charge in [0, 0.05) is 31.7 Å². The van der Waals surface area contributed by atoms with Crippen molar-refractivity contribution in [1.29, 1.82) is 0 Å². The van der Waals surface area contributed by atoms with Crippen LogP contribution in [0.2, 0.25) is 0 Å². The van der Waals surface area contributed by atoms with Gasteiger partial charge in [-0.3, -0.25) is 9.59 Å². The van der Waals surface area contributed by atoms with Crippen LogP contribution in [0.15, 0.2) is 24.3 Å².